The Morgan fingerprint density at radius 1 is 1.09 bits per heavy atom. The van der Waals surface area contributed by atoms with Gasteiger partial charge in [-0.1, -0.05) is 18.2 Å². The normalized spacial score (nSPS) is 12.8. The molecule has 6 aromatic rings. The minimum absolute atomic E-state index is 0.210. The van der Waals surface area contributed by atoms with E-state index in [1.165, 1.54) is 38.4 Å². The van der Waals surface area contributed by atoms with Crippen molar-refractivity contribution in [2.75, 3.05) is 31.3 Å². The summed E-state index contributed by atoms with van der Waals surface area (Å²) in [6.07, 6.45) is 2.67. The molecule has 10 nitrogen and oxygen atoms in total. The number of carbonyl (C=O) groups excluding carboxylic acids is 1. The Hall–Kier alpha value is -5.23. The predicted molar refractivity (Wildman–Crippen MR) is 166 cm³/mol. The number of hydrogen-bond acceptors (Lipinski definition) is 7. The van der Waals surface area contributed by atoms with E-state index in [0.717, 1.165) is 27.2 Å². The second-order valence-electron chi connectivity index (χ2n) is 10.5. The predicted octanol–water partition coefficient (Wildman–Crippen LogP) is 5.47. The van der Waals surface area contributed by atoms with Gasteiger partial charge in [0.2, 0.25) is 10.0 Å². The molecule has 0 bridgehead atoms. The molecule has 12 heteroatoms. The van der Waals surface area contributed by atoms with Crippen molar-refractivity contribution in [3.05, 3.63) is 84.3 Å². The third-order valence-corrected chi connectivity index (χ3v) is 9.02. The van der Waals surface area contributed by atoms with Crippen molar-refractivity contribution in [1.29, 1.82) is 0 Å². The maximum atomic E-state index is 13.7. The van der Waals surface area contributed by atoms with Crippen LogP contribution in [0.3, 0.4) is 0 Å². The molecular weight excluding hydrogens is 585 g/mol. The van der Waals surface area contributed by atoms with Crippen LogP contribution in [0.15, 0.2) is 77.3 Å². The fraction of sp³-hybridized carbons (Fsp3) is 0.156. The van der Waals surface area contributed by atoms with Gasteiger partial charge in [0.15, 0.2) is 11.6 Å². The molecule has 44 heavy (non-hydrogen) atoms. The summed E-state index contributed by atoms with van der Waals surface area (Å²) < 4.78 is 54.8. The lowest BCUT2D eigenvalue weighted by molar-refractivity contribution is 0.0964. The van der Waals surface area contributed by atoms with Crippen molar-refractivity contribution in [2.24, 2.45) is 0 Å². The maximum Gasteiger partial charge on any atom is 0.255 e. The lowest BCUT2D eigenvalue weighted by Gasteiger charge is -2.20. The van der Waals surface area contributed by atoms with Crippen molar-refractivity contribution in [1.82, 2.24) is 19.9 Å². The van der Waals surface area contributed by atoms with Crippen LogP contribution in [0.5, 0.6) is 5.75 Å². The number of ether oxygens (including phenoxy) is 1. The van der Waals surface area contributed by atoms with Crippen LogP contribution in [-0.2, 0) is 16.6 Å². The third-order valence-electron chi connectivity index (χ3n) is 7.83. The number of fused-ring (bicyclic) bond motifs is 6. The number of rotatable bonds is 5. The second kappa shape index (κ2) is 10.2. The van der Waals surface area contributed by atoms with Gasteiger partial charge in [0.1, 0.15) is 29.5 Å². The van der Waals surface area contributed by atoms with Crippen LogP contribution in [0, 0.1) is 5.82 Å². The number of amides is 1. The first-order valence-electron chi connectivity index (χ1n) is 13.8. The fourth-order valence-electron chi connectivity index (χ4n) is 5.59. The van der Waals surface area contributed by atoms with Crippen LogP contribution in [-0.4, -0.2) is 55.8 Å². The molecule has 1 N–H and O–H groups in total. The SMILES string of the molecule is CNC(=O)c1c(-c2ccc(F)cc2)oc2cc(N(C)S(C)(=O)=O)c(-c3ncc4c(n3)-c3cc5ccccc5n3CCO4)cc12. The summed E-state index contributed by atoms with van der Waals surface area (Å²) in [4.78, 5) is 22.7. The Morgan fingerprint density at radius 2 is 1.86 bits per heavy atom. The number of sulfonamides is 1. The summed E-state index contributed by atoms with van der Waals surface area (Å²) in [5.41, 5.74) is 4.00. The zero-order chi connectivity index (χ0) is 30.7. The van der Waals surface area contributed by atoms with Gasteiger partial charge in [-0.2, -0.15) is 0 Å². The van der Waals surface area contributed by atoms with Crippen molar-refractivity contribution in [2.45, 2.75) is 6.54 Å². The van der Waals surface area contributed by atoms with Crippen LogP contribution in [0.2, 0.25) is 0 Å². The number of benzene rings is 3. The quantitative estimate of drug-likeness (QED) is 0.275. The van der Waals surface area contributed by atoms with Gasteiger partial charge in [-0.05, 0) is 42.5 Å². The van der Waals surface area contributed by atoms with Crippen LogP contribution in [0.1, 0.15) is 10.4 Å². The highest BCUT2D eigenvalue weighted by Crippen LogP contribution is 2.42. The van der Waals surface area contributed by atoms with Crippen LogP contribution < -0.4 is 14.4 Å². The molecule has 0 fully saturated rings. The Kier molecular flexibility index (Phi) is 6.39. The number of carbonyl (C=O) groups is 1. The van der Waals surface area contributed by atoms with Crippen molar-refractivity contribution in [3.8, 4) is 39.8 Å². The molecule has 222 valence electrons. The van der Waals surface area contributed by atoms with Gasteiger partial charge in [0.25, 0.3) is 5.91 Å². The zero-order valence-corrected chi connectivity index (χ0v) is 24.8. The molecule has 0 saturated carbocycles. The molecule has 0 atom stereocenters. The largest absolute Gasteiger partial charge is 0.488 e. The number of para-hydroxylation sites is 1. The number of furan rings is 1. The molecule has 4 heterocycles. The fourth-order valence-corrected chi connectivity index (χ4v) is 6.10. The minimum Gasteiger partial charge on any atom is -0.488 e. The Labute approximate surface area is 251 Å². The number of anilines is 1. The van der Waals surface area contributed by atoms with Gasteiger partial charge in [-0.25, -0.2) is 22.8 Å². The molecule has 0 spiro atoms. The molecule has 1 aliphatic rings. The molecule has 3 aromatic heterocycles. The van der Waals surface area contributed by atoms with Gasteiger partial charge < -0.3 is 19.0 Å². The summed E-state index contributed by atoms with van der Waals surface area (Å²) in [7, 11) is -0.818. The highest BCUT2D eigenvalue weighted by molar-refractivity contribution is 7.92. The first-order valence-corrected chi connectivity index (χ1v) is 15.6. The number of hydrogen-bond donors (Lipinski definition) is 1. The topological polar surface area (TPSA) is 120 Å². The Morgan fingerprint density at radius 3 is 2.61 bits per heavy atom. The Bertz CT molecular complexity index is 2220. The summed E-state index contributed by atoms with van der Waals surface area (Å²) in [5.74, 6) is 0.0755. The molecular formula is C32H26FN5O5S. The Balaban J connectivity index is 1.50. The van der Waals surface area contributed by atoms with E-state index in [-0.39, 0.29) is 28.4 Å². The van der Waals surface area contributed by atoms with E-state index >= 15 is 0 Å². The molecule has 0 saturated heterocycles. The first kappa shape index (κ1) is 27.6. The van der Waals surface area contributed by atoms with E-state index in [2.05, 4.69) is 14.9 Å². The van der Waals surface area contributed by atoms with E-state index in [1.807, 2.05) is 30.3 Å². The van der Waals surface area contributed by atoms with E-state index in [0.29, 0.717) is 41.1 Å². The average Bonchev–Trinajstić information content (AvgIpc) is 3.52. The van der Waals surface area contributed by atoms with Crippen molar-refractivity contribution < 1.29 is 26.8 Å². The number of halogens is 1. The van der Waals surface area contributed by atoms with Gasteiger partial charge in [-0.15, -0.1) is 0 Å². The average molecular weight is 612 g/mol. The molecule has 1 amide bonds. The number of aromatic nitrogens is 3. The van der Waals surface area contributed by atoms with Crippen LogP contribution in [0.4, 0.5) is 10.1 Å². The zero-order valence-electron chi connectivity index (χ0n) is 24.0. The lowest BCUT2D eigenvalue weighted by atomic mass is 10.0. The van der Waals surface area contributed by atoms with Gasteiger partial charge in [-0.3, -0.25) is 9.10 Å². The van der Waals surface area contributed by atoms with Crippen LogP contribution in [0.25, 0.3) is 56.0 Å². The number of nitrogens with zero attached hydrogens (tertiary/aromatic N) is 4. The summed E-state index contributed by atoms with van der Waals surface area (Å²) in [6, 6.07) is 18.8. The van der Waals surface area contributed by atoms with E-state index in [4.69, 9.17) is 14.1 Å². The summed E-state index contributed by atoms with van der Waals surface area (Å²) >= 11 is 0. The summed E-state index contributed by atoms with van der Waals surface area (Å²) in [6.45, 7) is 1.03. The van der Waals surface area contributed by atoms with Gasteiger partial charge >= 0.3 is 0 Å². The third kappa shape index (κ3) is 4.45. The molecule has 0 radical (unpaired) electrons. The highest BCUT2D eigenvalue weighted by Gasteiger charge is 2.28. The maximum absolute atomic E-state index is 13.7. The highest BCUT2D eigenvalue weighted by atomic mass is 32.2. The van der Waals surface area contributed by atoms with E-state index in [1.54, 1.807) is 18.3 Å². The monoisotopic (exact) mass is 611 g/mol. The van der Waals surface area contributed by atoms with Crippen molar-refractivity contribution >= 4 is 43.5 Å². The first-order chi connectivity index (χ1) is 21.1. The smallest absolute Gasteiger partial charge is 0.255 e. The van der Waals surface area contributed by atoms with Gasteiger partial charge in [0, 0.05) is 47.6 Å². The summed E-state index contributed by atoms with van der Waals surface area (Å²) in [5, 5.41) is 4.11. The van der Waals surface area contributed by atoms with E-state index < -0.39 is 21.7 Å². The van der Waals surface area contributed by atoms with Gasteiger partial charge in [0.05, 0.1) is 35.9 Å². The standard InChI is InChI=1S/C32H26FN5O5S/c1-34-32(39)28-22-15-21(24(37(2)44(3,40)41)16-26(22)43-30(28)18-8-10-20(33)11-9-18)31-35-17-27-29(36-31)25-14-19-6-4-5-7-23(19)38(25)12-13-42-27/h4-11,14-17H,12-13H2,1-3H3,(H,34,39). The van der Waals surface area contributed by atoms with Crippen LogP contribution >= 0.6 is 0 Å². The number of nitrogens with one attached hydrogen (secondary N) is 1. The minimum atomic E-state index is -3.74. The lowest BCUT2D eigenvalue weighted by Crippen LogP contribution is -2.25. The molecule has 0 unspecified atom stereocenters. The second-order valence-corrected chi connectivity index (χ2v) is 12.5. The molecule has 1 aliphatic heterocycles. The molecule has 0 aliphatic carbocycles. The molecule has 3 aromatic carbocycles. The molecule has 7 rings (SSSR count). The van der Waals surface area contributed by atoms with E-state index in [9.17, 15) is 17.6 Å². The van der Waals surface area contributed by atoms with Crippen molar-refractivity contribution in [3.63, 3.8) is 0 Å².